The molecule has 2 atom stereocenters. The molecule has 1 aromatic carbocycles. The quantitative estimate of drug-likeness (QED) is 0.801. The molecule has 0 bridgehead atoms. The molecule has 0 spiro atoms. The minimum absolute atomic E-state index is 0.115. The van der Waals surface area contributed by atoms with E-state index in [2.05, 4.69) is 10.2 Å². The van der Waals surface area contributed by atoms with Gasteiger partial charge in [0.05, 0.1) is 6.42 Å². The number of hydrogen-bond donors (Lipinski definition) is 2. The van der Waals surface area contributed by atoms with Gasteiger partial charge in [-0.05, 0) is 43.5 Å². The summed E-state index contributed by atoms with van der Waals surface area (Å²) in [5.41, 5.74) is 7.43. The Morgan fingerprint density at radius 1 is 1.37 bits per heavy atom. The molecule has 2 aliphatic heterocycles. The van der Waals surface area contributed by atoms with Crippen molar-refractivity contribution in [2.24, 2.45) is 0 Å². The van der Waals surface area contributed by atoms with E-state index in [1.165, 1.54) is 19.4 Å². The minimum Gasteiger partial charge on any atom is -0.399 e. The standard InChI is InChI=1S/C15H21N3O/c16-12-4-1-3-11(9-12)10-15(19)17-13-6-8-18-7-2-5-14(13)18/h1,3-4,9,13-14H,2,5-8,10,16H2,(H,17,19). The molecule has 0 saturated carbocycles. The number of hydrogen-bond acceptors (Lipinski definition) is 3. The van der Waals surface area contributed by atoms with Crippen LogP contribution < -0.4 is 11.1 Å². The van der Waals surface area contributed by atoms with E-state index < -0.39 is 0 Å². The second kappa shape index (κ2) is 5.21. The van der Waals surface area contributed by atoms with Gasteiger partial charge in [0.1, 0.15) is 0 Å². The zero-order valence-corrected chi connectivity index (χ0v) is 11.1. The minimum atomic E-state index is 0.115. The molecule has 3 N–H and O–H groups in total. The number of amides is 1. The molecule has 4 nitrogen and oxygen atoms in total. The highest BCUT2D eigenvalue weighted by molar-refractivity contribution is 5.79. The highest BCUT2D eigenvalue weighted by atomic mass is 16.1. The molecule has 0 aromatic heterocycles. The van der Waals surface area contributed by atoms with Gasteiger partial charge in [0.15, 0.2) is 0 Å². The van der Waals surface area contributed by atoms with Gasteiger partial charge in [0.2, 0.25) is 5.91 Å². The van der Waals surface area contributed by atoms with E-state index in [0.29, 0.717) is 24.2 Å². The van der Waals surface area contributed by atoms with Crippen LogP contribution in [0.5, 0.6) is 0 Å². The van der Waals surface area contributed by atoms with E-state index in [0.717, 1.165) is 18.5 Å². The SMILES string of the molecule is Nc1cccc(CC(=O)NC2CCN3CCCC23)c1. The number of nitrogens with zero attached hydrogens (tertiary/aromatic N) is 1. The van der Waals surface area contributed by atoms with E-state index in [1.807, 2.05) is 24.3 Å². The molecule has 1 aromatic rings. The molecule has 2 fully saturated rings. The third-order valence-corrected chi connectivity index (χ3v) is 4.27. The lowest BCUT2D eigenvalue weighted by Crippen LogP contribution is -2.42. The first-order chi connectivity index (χ1) is 9.22. The smallest absolute Gasteiger partial charge is 0.224 e. The predicted octanol–water partition coefficient (Wildman–Crippen LogP) is 1.16. The van der Waals surface area contributed by atoms with E-state index in [4.69, 9.17) is 5.73 Å². The van der Waals surface area contributed by atoms with Gasteiger partial charge in [-0.25, -0.2) is 0 Å². The monoisotopic (exact) mass is 259 g/mol. The lowest BCUT2D eigenvalue weighted by atomic mass is 10.1. The summed E-state index contributed by atoms with van der Waals surface area (Å²) in [4.78, 5) is 14.6. The summed E-state index contributed by atoms with van der Waals surface area (Å²) in [7, 11) is 0. The van der Waals surface area contributed by atoms with Crippen LogP contribution >= 0.6 is 0 Å². The Balaban J connectivity index is 1.57. The largest absolute Gasteiger partial charge is 0.399 e. The fourth-order valence-electron chi connectivity index (χ4n) is 3.40. The van der Waals surface area contributed by atoms with Crippen molar-refractivity contribution in [1.82, 2.24) is 10.2 Å². The summed E-state index contributed by atoms with van der Waals surface area (Å²) in [5, 5.41) is 3.20. The fourth-order valence-corrected chi connectivity index (χ4v) is 3.40. The zero-order chi connectivity index (χ0) is 13.2. The van der Waals surface area contributed by atoms with Crippen LogP contribution in [-0.4, -0.2) is 36.0 Å². The summed E-state index contributed by atoms with van der Waals surface area (Å²) in [6, 6.07) is 8.48. The average Bonchev–Trinajstić information content (AvgIpc) is 2.94. The Labute approximate surface area is 114 Å². The van der Waals surface area contributed by atoms with Gasteiger partial charge in [-0.1, -0.05) is 12.1 Å². The molecule has 2 saturated heterocycles. The predicted molar refractivity (Wildman–Crippen MR) is 75.7 cm³/mol. The molecule has 0 radical (unpaired) electrons. The maximum Gasteiger partial charge on any atom is 0.224 e. The lowest BCUT2D eigenvalue weighted by Gasteiger charge is -2.21. The van der Waals surface area contributed by atoms with Crippen LogP contribution in [-0.2, 0) is 11.2 Å². The summed E-state index contributed by atoms with van der Waals surface area (Å²) in [6.07, 6.45) is 4.01. The molecular weight excluding hydrogens is 238 g/mol. The first kappa shape index (κ1) is 12.5. The van der Waals surface area contributed by atoms with Crippen molar-refractivity contribution in [3.63, 3.8) is 0 Å². The van der Waals surface area contributed by atoms with Crippen LogP contribution in [0.4, 0.5) is 5.69 Å². The Morgan fingerprint density at radius 3 is 3.11 bits per heavy atom. The van der Waals surface area contributed by atoms with E-state index in [1.54, 1.807) is 0 Å². The summed E-state index contributed by atoms with van der Waals surface area (Å²) >= 11 is 0. The van der Waals surface area contributed by atoms with Gasteiger partial charge in [0.25, 0.3) is 0 Å². The third kappa shape index (κ3) is 2.73. The molecule has 1 amide bonds. The van der Waals surface area contributed by atoms with Crippen molar-refractivity contribution in [2.75, 3.05) is 18.8 Å². The Kier molecular flexibility index (Phi) is 3.42. The number of nitrogens with two attached hydrogens (primary N) is 1. The normalized spacial score (nSPS) is 26.3. The van der Waals surface area contributed by atoms with Gasteiger partial charge >= 0.3 is 0 Å². The third-order valence-electron chi connectivity index (χ3n) is 4.27. The second-order valence-electron chi connectivity index (χ2n) is 5.63. The number of rotatable bonds is 3. The van der Waals surface area contributed by atoms with Gasteiger partial charge < -0.3 is 11.1 Å². The first-order valence-corrected chi connectivity index (χ1v) is 7.10. The zero-order valence-electron chi connectivity index (χ0n) is 11.1. The number of fused-ring (bicyclic) bond motifs is 1. The van der Waals surface area contributed by atoms with Crippen LogP contribution in [0.3, 0.4) is 0 Å². The maximum atomic E-state index is 12.1. The number of carbonyl (C=O) groups is 1. The molecule has 102 valence electrons. The number of nitrogens with one attached hydrogen (secondary N) is 1. The van der Waals surface area contributed by atoms with Crippen LogP contribution in [0.15, 0.2) is 24.3 Å². The van der Waals surface area contributed by atoms with E-state index >= 15 is 0 Å². The molecule has 2 unspecified atom stereocenters. The van der Waals surface area contributed by atoms with Crippen molar-refractivity contribution in [1.29, 1.82) is 0 Å². The summed E-state index contributed by atoms with van der Waals surface area (Å²) in [5.74, 6) is 0.115. The molecule has 2 aliphatic rings. The van der Waals surface area contributed by atoms with Crippen molar-refractivity contribution >= 4 is 11.6 Å². The molecule has 4 heteroatoms. The van der Waals surface area contributed by atoms with Crippen LogP contribution in [0.25, 0.3) is 0 Å². The fraction of sp³-hybridized carbons (Fsp3) is 0.533. The van der Waals surface area contributed by atoms with Crippen molar-refractivity contribution in [3.8, 4) is 0 Å². The molecule has 2 heterocycles. The average molecular weight is 259 g/mol. The van der Waals surface area contributed by atoms with Gasteiger partial charge in [-0.2, -0.15) is 0 Å². The topological polar surface area (TPSA) is 58.4 Å². The number of carbonyl (C=O) groups excluding carboxylic acids is 1. The first-order valence-electron chi connectivity index (χ1n) is 7.10. The van der Waals surface area contributed by atoms with Crippen LogP contribution in [0.1, 0.15) is 24.8 Å². The Morgan fingerprint density at radius 2 is 2.26 bits per heavy atom. The molecule has 19 heavy (non-hydrogen) atoms. The van der Waals surface area contributed by atoms with E-state index in [-0.39, 0.29) is 5.91 Å². The highest BCUT2D eigenvalue weighted by Gasteiger charge is 2.37. The number of anilines is 1. The summed E-state index contributed by atoms with van der Waals surface area (Å²) in [6.45, 7) is 2.33. The number of nitrogen functional groups attached to an aromatic ring is 1. The molecule has 3 rings (SSSR count). The van der Waals surface area contributed by atoms with Crippen molar-refractivity contribution in [3.05, 3.63) is 29.8 Å². The lowest BCUT2D eigenvalue weighted by molar-refractivity contribution is -0.121. The van der Waals surface area contributed by atoms with Gasteiger partial charge in [-0.3, -0.25) is 9.69 Å². The maximum absolute atomic E-state index is 12.1. The van der Waals surface area contributed by atoms with Gasteiger partial charge in [0, 0.05) is 24.3 Å². The molecular formula is C15H21N3O. The Hall–Kier alpha value is -1.55. The summed E-state index contributed by atoms with van der Waals surface area (Å²) < 4.78 is 0. The molecule has 0 aliphatic carbocycles. The second-order valence-corrected chi connectivity index (χ2v) is 5.63. The van der Waals surface area contributed by atoms with E-state index in [9.17, 15) is 4.79 Å². The van der Waals surface area contributed by atoms with Crippen molar-refractivity contribution in [2.45, 2.75) is 37.8 Å². The Bertz CT molecular complexity index is 474. The van der Waals surface area contributed by atoms with Crippen molar-refractivity contribution < 1.29 is 4.79 Å². The highest BCUT2D eigenvalue weighted by Crippen LogP contribution is 2.27. The number of benzene rings is 1. The van der Waals surface area contributed by atoms with Crippen LogP contribution in [0.2, 0.25) is 0 Å². The van der Waals surface area contributed by atoms with Crippen LogP contribution in [0, 0.1) is 0 Å². The van der Waals surface area contributed by atoms with Gasteiger partial charge in [-0.15, -0.1) is 0 Å².